The average Bonchev–Trinajstić information content (AvgIpc) is 3.27. The van der Waals surface area contributed by atoms with Crippen molar-refractivity contribution < 1.29 is 13.7 Å². The molecular formula is C20H18N4O4. The van der Waals surface area contributed by atoms with Gasteiger partial charge in [0.05, 0.1) is 12.1 Å². The molecule has 1 amide bonds. The predicted octanol–water partition coefficient (Wildman–Crippen LogP) is 2.57. The van der Waals surface area contributed by atoms with Gasteiger partial charge in [-0.15, -0.1) is 0 Å². The van der Waals surface area contributed by atoms with Crippen LogP contribution in [-0.4, -0.2) is 20.6 Å². The molecule has 0 aliphatic heterocycles. The normalized spacial score (nSPS) is 11.1. The van der Waals surface area contributed by atoms with E-state index in [0.717, 1.165) is 16.7 Å². The summed E-state index contributed by atoms with van der Waals surface area (Å²) in [5.41, 5.74) is 4.22. The van der Waals surface area contributed by atoms with Crippen LogP contribution < -0.4 is 11.1 Å². The molecule has 4 rings (SSSR count). The Bertz CT molecular complexity index is 1200. The van der Waals surface area contributed by atoms with Crippen LogP contribution in [0.2, 0.25) is 0 Å². The Labute approximate surface area is 159 Å². The maximum atomic E-state index is 12.2. The number of carbonyl (C=O) groups is 1. The van der Waals surface area contributed by atoms with Gasteiger partial charge in [-0.1, -0.05) is 41.1 Å². The van der Waals surface area contributed by atoms with Crippen LogP contribution in [0.3, 0.4) is 0 Å². The Hall–Kier alpha value is -3.68. The van der Waals surface area contributed by atoms with Crippen LogP contribution in [0.4, 0.5) is 0 Å². The van der Waals surface area contributed by atoms with Gasteiger partial charge < -0.3 is 14.3 Å². The predicted molar refractivity (Wildman–Crippen MR) is 101 cm³/mol. The number of benzene rings is 2. The Morgan fingerprint density at radius 1 is 1.11 bits per heavy atom. The quantitative estimate of drug-likeness (QED) is 0.572. The van der Waals surface area contributed by atoms with Crippen molar-refractivity contribution in [3.05, 3.63) is 81.4 Å². The van der Waals surface area contributed by atoms with Crippen LogP contribution in [0.1, 0.15) is 33.2 Å². The topological polar surface area (TPSA) is 103 Å². The lowest BCUT2D eigenvalue weighted by Gasteiger charge is -2.02. The number of fused-ring (bicyclic) bond motifs is 1. The molecule has 4 aromatic rings. The van der Waals surface area contributed by atoms with E-state index in [4.69, 9.17) is 8.94 Å². The number of aromatic nitrogens is 3. The highest BCUT2D eigenvalue weighted by molar-refractivity contribution is 5.89. The van der Waals surface area contributed by atoms with Gasteiger partial charge in [-0.25, -0.2) is 4.79 Å². The van der Waals surface area contributed by atoms with E-state index in [1.807, 2.05) is 50.2 Å². The van der Waals surface area contributed by atoms with Gasteiger partial charge in [0.15, 0.2) is 11.4 Å². The Morgan fingerprint density at radius 3 is 2.64 bits per heavy atom. The molecule has 0 bridgehead atoms. The van der Waals surface area contributed by atoms with E-state index >= 15 is 0 Å². The third kappa shape index (κ3) is 3.57. The van der Waals surface area contributed by atoms with E-state index in [-0.39, 0.29) is 18.3 Å². The second kappa shape index (κ2) is 7.15. The van der Waals surface area contributed by atoms with Crippen LogP contribution in [-0.2, 0) is 13.1 Å². The highest BCUT2D eigenvalue weighted by Crippen LogP contribution is 2.15. The van der Waals surface area contributed by atoms with Crippen LogP contribution in [0.15, 0.2) is 56.2 Å². The lowest BCUT2D eigenvalue weighted by Crippen LogP contribution is -2.23. The number of aryl methyl sites for hydroxylation is 2. The minimum absolute atomic E-state index is 0.0457. The SMILES string of the molecule is Cc1ccc(CNC(=O)c2nc(Cn3c(=O)oc4ccc(C)cc43)no2)cc1. The number of nitrogens with one attached hydrogen (secondary N) is 1. The largest absolute Gasteiger partial charge is 0.420 e. The maximum Gasteiger partial charge on any atom is 0.420 e. The molecule has 2 aromatic carbocycles. The molecule has 8 heteroatoms. The minimum Gasteiger partial charge on any atom is -0.408 e. The fourth-order valence-electron chi connectivity index (χ4n) is 2.84. The van der Waals surface area contributed by atoms with Crippen molar-refractivity contribution in [2.75, 3.05) is 0 Å². The van der Waals surface area contributed by atoms with Crippen molar-refractivity contribution in [2.45, 2.75) is 26.9 Å². The zero-order chi connectivity index (χ0) is 19.7. The average molecular weight is 378 g/mol. The third-order valence-electron chi connectivity index (χ3n) is 4.36. The van der Waals surface area contributed by atoms with E-state index in [1.165, 1.54) is 4.57 Å². The summed E-state index contributed by atoms with van der Waals surface area (Å²) in [7, 11) is 0. The Balaban J connectivity index is 1.48. The van der Waals surface area contributed by atoms with Gasteiger partial charge in [0.1, 0.15) is 0 Å². The summed E-state index contributed by atoms with van der Waals surface area (Å²) in [5.74, 6) is -0.929. The molecule has 2 heterocycles. The zero-order valence-electron chi connectivity index (χ0n) is 15.4. The zero-order valence-corrected chi connectivity index (χ0v) is 15.4. The van der Waals surface area contributed by atoms with Gasteiger partial charge in [0, 0.05) is 6.54 Å². The summed E-state index contributed by atoms with van der Waals surface area (Å²) in [6.07, 6.45) is 0. The first-order valence-electron chi connectivity index (χ1n) is 8.76. The number of oxazole rings is 1. The third-order valence-corrected chi connectivity index (χ3v) is 4.36. The van der Waals surface area contributed by atoms with Crippen LogP contribution >= 0.6 is 0 Å². The Morgan fingerprint density at radius 2 is 1.86 bits per heavy atom. The molecule has 0 aliphatic rings. The number of rotatable bonds is 5. The monoisotopic (exact) mass is 378 g/mol. The number of carbonyl (C=O) groups excluding carboxylic acids is 1. The van der Waals surface area contributed by atoms with E-state index in [1.54, 1.807) is 6.07 Å². The van der Waals surface area contributed by atoms with Gasteiger partial charge in [-0.3, -0.25) is 9.36 Å². The van der Waals surface area contributed by atoms with E-state index in [9.17, 15) is 9.59 Å². The number of hydrogen-bond donors (Lipinski definition) is 1. The number of amides is 1. The summed E-state index contributed by atoms with van der Waals surface area (Å²) < 4.78 is 11.7. The van der Waals surface area contributed by atoms with Crippen molar-refractivity contribution >= 4 is 17.0 Å². The Kier molecular flexibility index (Phi) is 4.52. The molecule has 2 aromatic heterocycles. The van der Waals surface area contributed by atoms with Gasteiger partial charge in [-0.05, 0) is 37.1 Å². The molecule has 1 N–H and O–H groups in total. The van der Waals surface area contributed by atoms with Crippen molar-refractivity contribution in [1.29, 1.82) is 0 Å². The van der Waals surface area contributed by atoms with Crippen LogP contribution in [0.25, 0.3) is 11.1 Å². The number of hydrogen-bond acceptors (Lipinski definition) is 6. The van der Waals surface area contributed by atoms with Crippen molar-refractivity contribution in [1.82, 2.24) is 20.0 Å². The van der Waals surface area contributed by atoms with Crippen molar-refractivity contribution in [3.63, 3.8) is 0 Å². The van der Waals surface area contributed by atoms with E-state index in [0.29, 0.717) is 17.6 Å². The maximum absolute atomic E-state index is 12.2. The summed E-state index contributed by atoms with van der Waals surface area (Å²) in [5, 5.41) is 6.53. The van der Waals surface area contributed by atoms with Gasteiger partial charge >= 0.3 is 17.6 Å². The molecule has 28 heavy (non-hydrogen) atoms. The van der Waals surface area contributed by atoms with Crippen molar-refractivity contribution in [3.8, 4) is 0 Å². The molecule has 0 atom stereocenters. The fourth-order valence-corrected chi connectivity index (χ4v) is 2.84. The highest BCUT2D eigenvalue weighted by atomic mass is 16.5. The number of nitrogens with zero attached hydrogens (tertiary/aromatic N) is 3. The van der Waals surface area contributed by atoms with Crippen LogP contribution in [0.5, 0.6) is 0 Å². The lowest BCUT2D eigenvalue weighted by atomic mass is 10.1. The first-order chi connectivity index (χ1) is 13.5. The summed E-state index contributed by atoms with van der Waals surface area (Å²) in [6.45, 7) is 4.32. The summed E-state index contributed by atoms with van der Waals surface area (Å²) in [6, 6.07) is 13.3. The molecule has 0 unspecified atom stereocenters. The molecule has 142 valence electrons. The smallest absolute Gasteiger partial charge is 0.408 e. The molecule has 0 saturated carbocycles. The highest BCUT2D eigenvalue weighted by Gasteiger charge is 2.17. The molecule has 0 radical (unpaired) electrons. The molecule has 0 fully saturated rings. The fraction of sp³-hybridized carbons (Fsp3) is 0.200. The lowest BCUT2D eigenvalue weighted by molar-refractivity contribution is 0.0907. The van der Waals surface area contributed by atoms with Gasteiger partial charge in [0.25, 0.3) is 0 Å². The molecule has 0 spiro atoms. The minimum atomic E-state index is -0.518. The summed E-state index contributed by atoms with van der Waals surface area (Å²) in [4.78, 5) is 28.4. The summed E-state index contributed by atoms with van der Waals surface area (Å²) >= 11 is 0. The van der Waals surface area contributed by atoms with E-state index in [2.05, 4.69) is 15.5 Å². The first-order valence-corrected chi connectivity index (χ1v) is 8.76. The first kappa shape index (κ1) is 17.7. The van der Waals surface area contributed by atoms with Crippen molar-refractivity contribution in [2.24, 2.45) is 0 Å². The second-order valence-corrected chi connectivity index (χ2v) is 6.61. The van der Waals surface area contributed by atoms with Gasteiger partial charge in [-0.2, -0.15) is 4.98 Å². The van der Waals surface area contributed by atoms with Crippen LogP contribution in [0, 0.1) is 13.8 Å². The van der Waals surface area contributed by atoms with E-state index < -0.39 is 11.7 Å². The second-order valence-electron chi connectivity index (χ2n) is 6.61. The van der Waals surface area contributed by atoms with Gasteiger partial charge in [0.2, 0.25) is 0 Å². The molecule has 0 saturated heterocycles. The molecule has 8 nitrogen and oxygen atoms in total. The molecule has 0 aliphatic carbocycles. The standard InChI is InChI=1S/C20H18N4O4/c1-12-3-6-14(7-4-12)10-21-18(25)19-22-17(23-28-19)11-24-15-9-13(2)5-8-16(15)27-20(24)26/h3-9H,10-11H2,1-2H3,(H,21,25). The molecular weight excluding hydrogens is 360 g/mol.